The van der Waals surface area contributed by atoms with E-state index >= 15 is 0 Å². The number of alkyl halides is 2. The fourth-order valence-corrected chi connectivity index (χ4v) is 8.02. The fourth-order valence-electron chi connectivity index (χ4n) is 6.35. The smallest absolute Gasteiger partial charge is 0.387 e. The summed E-state index contributed by atoms with van der Waals surface area (Å²) in [7, 11) is -2.06. The monoisotopic (exact) mass is 619 g/mol. The van der Waals surface area contributed by atoms with Crippen LogP contribution in [0.3, 0.4) is 0 Å². The molecule has 0 N–H and O–H groups in total. The Bertz CT molecular complexity index is 1750. The molecule has 4 aromatic rings. The van der Waals surface area contributed by atoms with Crippen LogP contribution in [0.1, 0.15) is 87.6 Å². The van der Waals surface area contributed by atoms with Gasteiger partial charge >= 0.3 is 6.61 Å². The van der Waals surface area contributed by atoms with Crippen molar-refractivity contribution in [2.24, 2.45) is 0 Å². The third kappa shape index (κ3) is 4.90. The zero-order valence-corrected chi connectivity index (χ0v) is 27.5. The first-order chi connectivity index (χ1) is 20.6. The third-order valence-corrected chi connectivity index (χ3v) is 14.1. The summed E-state index contributed by atoms with van der Waals surface area (Å²) in [5, 5.41) is 0.0524. The molecule has 0 radical (unpaired) electrons. The maximum atomic E-state index is 13.6. The molecule has 0 fully saturated rings. The molecular formula is C33H39F2N5O3Si. The van der Waals surface area contributed by atoms with Crippen molar-refractivity contribution in [1.82, 2.24) is 24.4 Å². The number of fused-ring (bicyclic) bond motifs is 9. The summed E-state index contributed by atoms with van der Waals surface area (Å²) in [5.74, 6) is 1.18. The summed E-state index contributed by atoms with van der Waals surface area (Å²) in [6.07, 6.45) is 4.15. The highest BCUT2D eigenvalue weighted by molar-refractivity contribution is 6.74. The number of benzene rings is 2. The Morgan fingerprint density at radius 3 is 2.36 bits per heavy atom. The molecule has 2 aromatic heterocycles. The fraction of sp³-hybridized carbons (Fsp3) is 0.455. The van der Waals surface area contributed by atoms with Crippen molar-refractivity contribution >= 4 is 25.3 Å². The van der Waals surface area contributed by atoms with Crippen molar-refractivity contribution < 1.29 is 22.7 Å². The van der Waals surface area contributed by atoms with Crippen LogP contribution in [-0.2, 0) is 10.0 Å². The van der Waals surface area contributed by atoms with Gasteiger partial charge in [-0.3, -0.25) is 4.79 Å². The molecule has 0 saturated carbocycles. The molecule has 0 saturated heterocycles. The van der Waals surface area contributed by atoms with Gasteiger partial charge in [0.2, 0.25) is 0 Å². The highest BCUT2D eigenvalue weighted by Crippen LogP contribution is 2.50. The minimum absolute atomic E-state index is 0.0185. The highest BCUT2D eigenvalue weighted by atomic mass is 28.4. The van der Waals surface area contributed by atoms with Crippen LogP contribution in [0.4, 0.5) is 8.78 Å². The lowest BCUT2D eigenvalue weighted by Gasteiger charge is -2.42. The molecule has 2 bridgehead atoms. The molecule has 0 unspecified atom stereocenters. The van der Waals surface area contributed by atoms with E-state index in [9.17, 15) is 13.6 Å². The van der Waals surface area contributed by atoms with Crippen LogP contribution in [0.15, 0.2) is 48.8 Å². The van der Waals surface area contributed by atoms with Gasteiger partial charge < -0.3 is 18.6 Å². The largest absolute Gasteiger partial charge is 0.434 e. The molecule has 2 aliphatic heterocycles. The van der Waals surface area contributed by atoms with E-state index in [1.807, 2.05) is 51.4 Å². The van der Waals surface area contributed by atoms with Crippen LogP contribution in [0, 0.1) is 0 Å². The van der Waals surface area contributed by atoms with Crippen LogP contribution >= 0.6 is 0 Å². The van der Waals surface area contributed by atoms with Gasteiger partial charge in [-0.1, -0.05) is 32.9 Å². The standard InChI is InChI=1S/C33H39F2N5O3Si/c1-9-39-25-16-24(27-21(29(39)41)11-10-12-26(27)42-31(34)35)40-23-15-19(13-14-22(23)38-28(25)40)20-17-36-30(37-18-20)33(5,6)43-44(7,8)32(2,3)4/h10-15,17-18,24-25,31H,9,16H2,1-8H3/t24-,25-/m1/s1. The molecule has 4 heterocycles. The second kappa shape index (κ2) is 10.4. The van der Waals surface area contributed by atoms with Crippen molar-refractivity contribution in [3.05, 3.63) is 71.6 Å². The number of aromatic nitrogens is 4. The molecular weight excluding hydrogens is 580 g/mol. The van der Waals surface area contributed by atoms with Gasteiger partial charge in [0.25, 0.3) is 5.91 Å². The van der Waals surface area contributed by atoms with Gasteiger partial charge in [0.05, 0.1) is 23.1 Å². The molecule has 2 atom stereocenters. The highest BCUT2D eigenvalue weighted by Gasteiger charge is 2.46. The number of hydrogen-bond acceptors (Lipinski definition) is 6. The average Bonchev–Trinajstić information content (AvgIpc) is 3.45. The van der Waals surface area contributed by atoms with Gasteiger partial charge in [-0.15, -0.1) is 0 Å². The molecule has 8 nitrogen and oxygen atoms in total. The Labute approximate surface area is 257 Å². The molecule has 11 heteroatoms. The topological polar surface area (TPSA) is 82.4 Å². The van der Waals surface area contributed by atoms with Crippen molar-refractivity contribution in [2.45, 2.75) is 90.4 Å². The number of carbonyl (C=O) groups excluding carboxylic acids is 1. The van der Waals surface area contributed by atoms with Crippen LogP contribution in [0.2, 0.25) is 18.1 Å². The van der Waals surface area contributed by atoms with E-state index in [0.717, 1.165) is 28.0 Å². The minimum Gasteiger partial charge on any atom is -0.434 e. The van der Waals surface area contributed by atoms with Gasteiger partial charge in [0, 0.05) is 42.0 Å². The summed E-state index contributed by atoms with van der Waals surface area (Å²) in [5.41, 5.74) is 3.54. The van der Waals surface area contributed by atoms with E-state index in [0.29, 0.717) is 29.9 Å². The first kappa shape index (κ1) is 30.3. The maximum absolute atomic E-state index is 13.6. The lowest BCUT2D eigenvalue weighted by molar-refractivity contribution is -0.0507. The van der Waals surface area contributed by atoms with Gasteiger partial charge in [-0.05, 0) is 68.7 Å². The first-order valence-corrected chi connectivity index (χ1v) is 18.0. The summed E-state index contributed by atoms with van der Waals surface area (Å²) in [6, 6.07) is 10.1. The Morgan fingerprint density at radius 2 is 1.73 bits per heavy atom. The predicted molar refractivity (Wildman–Crippen MR) is 167 cm³/mol. The molecule has 6 rings (SSSR count). The summed E-state index contributed by atoms with van der Waals surface area (Å²) < 4.78 is 40.7. The zero-order chi connectivity index (χ0) is 31.8. The van der Waals surface area contributed by atoms with E-state index in [1.54, 1.807) is 17.0 Å². The van der Waals surface area contributed by atoms with Crippen LogP contribution in [0.25, 0.3) is 22.2 Å². The number of amides is 1. The lowest BCUT2D eigenvalue weighted by Crippen LogP contribution is -2.46. The van der Waals surface area contributed by atoms with Gasteiger partial charge in [0.15, 0.2) is 14.1 Å². The molecule has 2 aromatic carbocycles. The molecule has 0 spiro atoms. The summed E-state index contributed by atoms with van der Waals surface area (Å²) >= 11 is 0. The molecule has 232 valence electrons. The Morgan fingerprint density at radius 1 is 1.02 bits per heavy atom. The molecule has 44 heavy (non-hydrogen) atoms. The third-order valence-electron chi connectivity index (χ3n) is 9.44. The number of nitrogens with zero attached hydrogens (tertiary/aromatic N) is 5. The van der Waals surface area contributed by atoms with Crippen molar-refractivity contribution in [3.8, 4) is 16.9 Å². The number of halogens is 2. The number of imidazole rings is 1. The predicted octanol–water partition coefficient (Wildman–Crippen LogP) is 7.86. The maximum Gasteiger partial charge on any atom is 0.387 e. The van der Waals surface area contributed by atoms with Crippen molar-refractivity contribution in [3.63, 3.8) is 0 Å². The Hall–Kier alpha value is -3.70. The SMILES string of the molecule is CCN1C(=O)c2cccc(OC(F)F)c2[C@H]2C[C@@H]1c1nc3ccc(-c4cnc(C(C)(C)O[Si](C)(C)C(C)(C)C)nc4)cc3n12. The second-order valence-corrected chi connectivity index (χ2v) is 18.4. The van der Waals surface area contributed by atoms with E-state index in [1.165, 1.54) is 6.07 Å². The van der Waals surface area contributed by atoms with Gasteiger partial charge in [-0.25, -0.2) is 15.0 Å². The number of rotatable bonds is 7. The van der Waals surface area contributed by atoms with Crippen LogP contribution in [-0.4, -0.2) is 51.8 Å². The van der Waals surface area contributed by atoms with E-state index in [2.05, 4.69) is 38.4 Å². The number of ether oxygens (including phenoxy) is 1. The average molecular weight is 620 g/mol. The Balaban J connectivity index is 1.41. The van der Waals surface area contributed by atoms with E-state index in [-0.39, 0.29) is 22.7 Å². The second-order valence-electron chi connectivity index (χ2n) is 13.7. The van der Waals surface area contributed by atoms with E-state index in [4.69, 9.17) is 24.1 Å². The Kier molecular flexibility index (Phi) is 7.20. The first-order valence-electron chi connectivity index (χ1n) is 15.1. The number of hydrogen-bond donors (Lipinski definition) is 0. The summed E-state index contributed by atoms with van der Waals surface area (Å²) in [4.78, 5) is 29.8. The summed E-state index contributed by atoms with van der Waals surface area (Å²) in [6.45, 7) is 14.5. The normalized spacial score (nSPS) is 18.5. The quantitative estimate of drug-likeness (QED) is 0.196. The van der Waals surface area contributed by atoms with Gasteiger partial charge in [0.1, 0.15) is 17.2 Å². The molecule has 2 aliphatic rings. The van der Waals surface area contributed by atoms with E-state index < -0.39 is 26.6 Å². The lowest BCUT2D eigenvalue weighted by atomic mass is 9.97. The van der Waals surface area contributed by atoms with Crippen LogP contribution in [0.5, 0.6) is 5.75 Å². The van der Waals surface area contributed by atoms with Crippen molar-refractivity contribution in [2.75, 3.05) is 6.54 Å². The van der Waals surface area contributed by atoms with Gasteiger partial charge in [-0.2, -0.15) is 8.78 Å². The minimum atomic E-state index is -3.01. The molecule has 0 aliphatic carbocycles. The number of carbonyl (C=O) groups is 1. The van der Waals surface area contributed by atoms with Crippen LogP contribution < -0.4 is 4.74 Å². The van der Waals surface area contributed by atoms with Crippen molar-refractivity contribution in [1.29, 1.82) is 0 Å². The molecule has 1 amide bonds. The zero-order valence-electron chi connectivity index (χ0n) is 26.5.